The summed E-state index contributed by atoms with van der Waals surface area (Å²) in [6.45, 7) is 6.47. The van der Waals surface area contributed by atoms with Crippen molar-refractivity contribution in [2.45, 2.75) is 38.8 Å². The minimum atomic E-state index is -0.631. The number of ether oxygens (including phenoxy) is 2. The average Bonchev–Trinajstić information content (AvgIpc) is 2.69. The maximum Gasteiger partial charge on any atom is 0.410 e. The van der Waals surface area contributed by atoms with Gasteiger partial charge in [0.1, 0.15) is 5.60 Å². The van der Waals surface area contributed by atoms with Crippen LogP contribution in [0.1, 0.15) is 38.8 Å². The molecule has 2 rings (SSSR count). The van der Waals surface area contributed by atoms with Crippen LogP contribution in [0.4, 0.5) is 20.6 Å². The molecule has 1 fully saturated rings. The van der Waals surface area contributed by atoms with Gasteiger partial charge in [-0.3, -0.25) is 4.90 Å². The molecule has 6 nitrogen and oxygen atoms in total. The smallest absolute Gasteiger partial charge is 0.410 e. The van der Waals surface area contributed by atoms with Crippen molar-refractivity contribution in [1.82, 2.24) is 4.90 Å². The Morgan fingerprint density at radius 1 is 1.39 bits per heavy atom. The van der Waals surface area contributed by atoms with Crippen molar-refractivity contribution in [3.05, 3.63) is 23.5 Å². The lowest BCUT2D eigenvalue weighted by Gasteiger charge is -2.32. The maximum absolute atomic E-state index is 14.5. The van der Waals surface area contributed by atoms with Crippen molar-refractivity contribution in [3.63, 3.8) is 0 Å². The van der Waals surface area contributed by atoms with Crippen molar-refractivity contribution < 1.29 is 18.7 Å². The molecule has 7 heteroatoms. The molecule has 0 saturated carbocycles. The summed E-state index contributed by atoms with van der Waals surface area (Å²) in [6, 6.07) is 2.47. The van der Waals surface area contributed by atoms with Gasteiger partial charge in [-0.15, -0.1) is 0 Å². The van der Waals surface area contributed by atoms with Gasteiger partial charge in [-0.2, -0.15) is 0 Å². The van der Waals surface area contributed by atoms with E-state index in [2.05, 4.69) is 0 Å². The highest BCUT2D eigenvalue weighted by Crippen LogP contribution is 2.32. The molecule has 0 bridgehead atoms. The van der Waals surface area contributed by atoms with Crippen LogP contribution in [0.2, 0.25) is 0 Å². The number of amides is 1. The van der Waals surface area contributed by atoms with Gasteiger partial charge in [0.15, 0.2) is 5.82 Å². The molecule has 1 aromatic rings. The summed E-state index contributed by atoms with van der Waals surface area (Å²) in [5.41, 5.74) is 11.0. The third kappa shape index (κ3) is 4.04. The van der Waals surface area contributed by atoms with Gasteiger partial charge < -0.3 is 20.9 Å². The Morgan fingerprint density at radius 3 is 2.74 bits per heavy atom. The predicted molar refractivity (Wildman–Crippen MR) is 86.3 cm³/mol. The first kappa shape index (κ1) is 17.3. The topological polar surface area (TPSA) is 90.8 Å². The van der Waals surface area contributed by atoms with E-state index < -0.39 is 23.6 Å². The van der Waals surface area contributed by atoms with Crippen molar-refractivity contribution in [2.24, 2.45) is 0 Å². The summed E-state index contributed by atoms with van der Waals surface area (Å²) < 4.78 is 25.5. The first-order valence-electron chi connectivity index (χ1n) is 7.61. The Kier molecular flexibility index (Phi) is 4.99. The molecule has 1 heterocycles. The molecule has 23 heavy (non-hydrogen) atoms. The van der Waals surface area contributed by atoms with Gasteiger partial charge in [-0.25, -0.2) is 9.18 Å². The molecule has 0 spiro atoms. The molecule has 1 saturated heterocycles. The van der Waals surface area contributed by atoms with E-state index in [1.807, 2.05) is 0 Å². The molecule has 0 radical (unpaired) electrons. The first-order chi connectivity index (χ1) is 10.7. The quantitative estimate of drug-likeness (QED) is 0.775. The van der Waals surface area contributed by atoms with E-state index in [9.17, 15) is 9.18 Å². The van der Waals surface area contributed by atoms with E-state index in [1.54, 1.807) is 20.8 Å². The molecule has 1 aliphatic rings. The Labute approximate surface area is 135 Å². The Hall–Kier alpha value is -2.02. The fourth-order valence-corrected chi connectivity index (χ4v) is 2.46. The van der Waals surface area contributed by atoms with Gasteiger partial charge >= 0.3 is 6.09 Å². The van der Waals surface area contributed by atoms with Crippen molar-refractivity contribution in [1.29, 1.82) is 0 Å². The van der Waals surface area contributed by atoms with Crippen molar-refractivity contribution in [3.8, 4) is 0 Å². The van der Waals surface area contributed by atoms with Gasteiger partial charge in [0.05, 0.1) is 24.0 Å². The molecule has 1 unspecified atom stereocenters. The lowest BCUT2D eigenvalue weighted by Crippen LogP contribution is -2.40. The second-order valence-electron chi connectivity index (χ2n) is 6.59. The monoisotopic (exact) mass is 325 g/mol. The van der Waals surface area contributed by atoms with Crippen LogP contribution in [0.25, 0.3) is 0 Å². The number of halogens is 1. The van der Waals surface area contributed by atoms with Gasteiger partial charge in [0.2, 0.25) is 0 Å². The number of hydrogen-bond donors (Lipinski definition) is 2. The van der Waals surface area contributed by atoms with Crippen LogP contribution in [0.5, 0.6) is 0 Å². The minimum absolute atomic E-state index is 0.115. The Bertz CT molecular complexity index is 587. The fraction of sp³-hybridized carbons (Fsp3) is 0.562. The number of nitrogens with two attached hydrogens (primary N) is 2. The summed E-state index contributed by atoms with van der Waals surface area (Å²) in [5, 5.41) is 0. The zero-order chi connectivity index (χ0) is 17.2. The number of hydrogen-bond acceptors (Lipinski definition) is 5. The van der Waals surface area contributed by atoms with Crippen LogP contribution in [0.15, 0.2) is 12.1 Å². The normalized spacial score (nSPS) is 19.3. The molecule has 1 aromatic carbocycles. The molecule has 4 N–H and O–H groups in total. The summed E-state index contributed by atoms with van der Waals surface area (Å²) in [4.78, 5) is 14.0. The maximum atomic E-state index is 14.5. The third-order valence-electron chi connectivity index (χ3n) is 3.57. The number of benzene rings is 1. The van der Waals surface area contributed by atoms with E-state index in [0.29, 0.717) is 19.6 Å². The van der Waals surface area contributed by atoms with Crippen LogP contribution in [-0.2, 0) is 9.47 Å². The summed E-state index contributed by atoms with van der Waals surface area (Å²) in [5.74, 6) is -0.617. The first-order valence-corrected chi connectivity index (χ1v) is 7.61. The molecule has 1 atom stereocenters. The fourth-order valence-electron chi connectivity index (χ4n) is 2.46. The molecule has 1 amide bonds. The van der Waals surface area contributed by atoms with Crippen molar-refractivity contribution >= 4 is 17.5 Å². The predicted octanol–water partition coefficient (Wildman–Crippen LogP) is 2.69. The highest BCUT2D eigenvalue weighted by molar-refractivity contribution is 5.70. The molecule has 1 aliphatic heterocycles. The second-order valence-corrected chi connectivity index (χ2v) is 6.59. The van der Waals surface area contributed by atoms with Crippen LogP contribution in [0, 0.1) is 5.82 Å². The SMILES string of the molecule is CC(C)(C)OC(=O)N1CCCOCC1c1ccc(N)c(N)c1F. The van der Waals surface area contributed by atoms with E-state index in [1.165, 1.54) is 17.0 Å². The summed E-state index contributed by atoms with van der Waals surface area (Å²) in [7, 11) is 0. The average molecular weight is 325 g/mol. The van der Waals surface area contributed by atoms with Gasteiger partial charge in [0, 0.05) is 18.7 Å². The molecular weight excluding hydrogens is 301 g/mol. The van der Waals surface area contributed by atoms with Crippen molar-refractivity contribution in [2.75, 3.05) is 31.2 Å². The molecule has 0 aliphatic carbocycles. The highest BCUT2D eigenvalue weighted by Gasteiger charge is 2.33. The Balaban J connectivity index is 2.36. The Morgan fingerprint density at radius 2 is 2.09 bits per heavy atom. The van der Waals surface area contributed by atoms with E-state index >= 15 is 0 Å². The van der Waals surface area contributed by atoms with Gasteiger partial charge in [-0.05, 0) is 33.3 Å². The molecule has 128 valence electrons. The van der Waals surface area contributed by atoms with Crippen LogP contribution in [0.3, 0.4) is 0 Å². The largest absolute Gasteiger partial charge is 0.444 e. The lowest BCUT2D eigenvalue weighted by atomic mass is 10.0. The highest BCUT2D eigenvalue weighted by atomic mass is 19.1. The molecule has 0 aromatic heterocycles. The number of rotatable bonds is 1. The number of carbonyl (C=O) groups excluding carboxylic acids is 1. The molecular formula is C16H24FN3O3. The zero-order valence-corrected chi connectivity index (χ0v) is 13.8. The van der Waals surface area contributed by atoms with E-state index in [4.69, 9.17) is 20.9 Å². The second kappa shape index (κ2) is 6.62. The number of nitrogen functional groups attached to an aromatic ring is 2. The van der Waals surface area contributed by atoms with Gasteiger partial charge in [-0.1, -0.05) is 6.07 Å². The summed E-state index contributed by atoms with van der Waals surface area (Å²) in [6.07, 6.45) is 0.157. The number of nitrogens with zero attached hydrogens (tertiary/aromatic N) is 1. The van der Waals surface area contributed by atoms with E-state index in [-0.39, 0.29) is 23.5 Å². The van der Waals surface area contributed by atoms with Crippen LogP contribution >= 0.6 is 0 Å². The number of carbonyl (C=O) groups is 1. The van der Waals surface area contributed by atoms with Crippen LogP contribution in [-0.4, -0.2) is 36.4 Å². The minimum Gasteiger partial charge on any atom is -0.444 e. The lowest BCUT2D eigenvalue weighted by molar-refractivity contribution is 0.0115. The van der Waals surface area contributed by atoms with E-state index in [0.717, 1.165) is 0 Å². The number of anilines is 2. The standard InChI is InChI=1S/C16H24FN3O3/c1-16(2,3)23-15(21)20-7-4-8-22-9-12(20)10-5-6-11(18)14(19)13(10)17/h5-6,12H,4,7-9,18-19H2,1-3H3. The third-order valence-corrected chi connectivity index (χ3v) is 3.57. The van der Waals surface area contributed by atoms with Gasteiger partial charge in [0.25, 0.3) is 0 Å². The zero-order valence-electron chi connectivity index (χ0n) is 13.8. The van der Waals surface area contributed by atoms with Crippen LogP contribution < -0.4 is 11.5 Å². The summed E-state index contributed by atoms with van der Waals surface area (Å²) >= 11 is 0.